The fourth-order valence-electron chi connectivity index (χ4n) is 3.70. The van der Waals surface area contributed by atoms with Gasteiger partial charge in [0.15, 0.2) is 0 Å². The van der Waals surface area contributed by atoms with Gasteiger partial charge in [0.25, 0.3) is 0 Å². The maximum atomic E-state index is 11.1. The Kier molecular flexibility index (Phi) is 5.85. The molecule has 0 aromatic carbocycles. The second-order valence-electron chi connectivity index (χ2n) is 6.94. The predicted octanol–water partition coefficient (Wildman–Crippen LogP) is 1.71. The molecule has 0 atom stereocenters. The highest BCUT2D eigenvalue weighted by atomic mass is 16.1. The number of rotatable bonds is 4. The van der Waals surface area contributed by atoms with Gasteiger partial charge in [-0.05, 0) is 31.6 Å². The monoisotopic (exact) mass is 281 g/mol. The van der Waals surface area contributed by atoms with Crippen molar-refractivity contribution in [1.29, 1.82) is 0 Å². The number of piperazine rings is 1. The van der Waals surface area contributed by atoms with Gasteiger partial charge in [0.2, 0.25) is 5.91 Å². The van der Waals surface area contributed by atoms with Crippen molar-refractivity contribution in [1.82, 2.24) is 15.1 Å². The molecule has 20 heavy (non-hydrogen) atoms. The summed E-state index contributed by atoms with van der Waals surface area (Å²) in [4.78, 5) is 16.4. The Labute approximate surface area is 123 Å². The van der Waals surface area contributed by atoms with Gasteiger partial charge in [-0.3, -0.25) is 9.69 Å². The van der Waals surface area contributed by atoms with Gasteiger partial charge >= 0.3 is 0 Å². The standard InChI is InChI=1S/C16H31N3O/c1-13(2)12-18-8-10-19(11-9-18)16-6-4-15(5-7-16)17-14(3)20/h13,15-16H,4-12H2,1-3H3,(H,17,20). The van der Waals surface area contributed by atoms with Gasteiger partial charge in [-0.25, -0.2) is 0 Å². The summed E-state index contributed by atoms with van der Waals surface area (Å²) in [5, 5.41) is 3.07. The van der Waals surface area contributed by atoms with Crippen LogP contribution in [0.4, 0.5) is 0 Å². The van der Waals surface area contributed by atoms with Crippen molar-refractivity contribution >= 4 is 5.91 Å². The van der Waals surface area contributed by atoms with E-state index in [-0.39, 0.29) is 5.91 Å². The number of carbonyl (C=O) groups is 1. The number of carbonyl (C=O) groups excluding carboxylic acids is 1. The maximum absolute atomic E-state index is 11.1. The second kappa shape index (κ2) is 7.41. The first-order chi connectivity index (χ1) is 9.54. The molecule has 1 aliphatic heterocycles. The maximum Gasteiger partial charge on any atom is 0.217 e. The quantitative estimate of drug-likeness (QED) is 0.852. The van der Waals surface area contributed by atoms with Crippen LogP contribution < -0.4 is 5.32 Å². The highest BCUT2D eigenvalue weighted by Crippen LogP contribution is 2.24. The largest absolute Gasteiger partial charge is 0.354 e. The van der Waals surface area contributed by atoms with Crippen molar-refractivity contribution in [2.24, 2.45) is 5.92 Å². The van der Waals surface area contributed by atoms with E-state index >= 15 is 0 Å². The van der Waals surface area contributed by atoms with E-state index in [1.807, 2.05) is 0 Å². The smallest absolute Gasteiger partial charge is 0.217 e. The van der Waals surface area contributed by atoms with Crippen molar-refractivity contribution in [2.75, 3.05) is 32.7 Å². The summed E-state index contributed by atoms with van der Waals surface area (Å²) in [7, 11) is 0. The van der Waals surface area contributed by atoms with E-state index < -0.39 is 0 Å². The molecule has 2 fully saturated rings. The lowest BCUT2D eigenvalue weighted by atomic mass is 9.89. The van der Waals surface area contributed by atoms with Crippen LogP contribution in [0.25, 0.3) is 0 Å². The van der Waals surface area contributed by atoms with Gasteiger partial charge in [0, 0.05) is 51.7 Å². The molecule has 1 heterocycles. The van der Waals surface area contributed by atoms with E-state index in [4.69, 9.17) is 0 Å². The normalized spacial score (nSPS) is 29.6. The first kappa shape index (κ1) is 15.8. The summed E-state index contributed by atoms with van der Waals surface area (Å²) in [6, 6.07) is 1.17. The summed E-state index contributed by atoms with van der Waals surface area (Å²) in [5.74, 6) is 0.894. The molecule has 2 aliphatic rings. The minimum Gasteiger partial charge on any atom is -0.354 e. The van der Waals surface area contributed by atoms with Gasteiger partial charge < -0.3 is 10.2 Å². The van der Waals surface area contributed by atoms with Gasteiger partial charge in [0.1, 0.15) is 0 Å². The Bertz CT molecular complexity index is 303. The van der Waals surface area contributed by atoms with Crippen molar-refractivity contribution in [2.45, 2.75) is 58.5 Å². The van der Waals surface area contributed by atoms with Crippen LogP contribution in [0.1, 0.15) is 46.5 Å². The average molecular weight is 281 g/mol. The molecule has 4 nitrogen and oxygen atoms in total. The van der Waals surface area contributed by atoms with E-state index in [1.165, 1.54) is 45.6 Å². The predicted molar refractivity (Wildman–Crippen MR) is 82.7 cm³/mol. The van der Waals surface area contributed by atoms with E-state index in [2.05, 4.69) is 29.0 Å². The van der Waals surface area contributed by atoms with Crippen molar-refractivity contribution in [3.05, 3.63) is 0 Å². The molecular weight excluding hydrogens is 250 g/mol. The number of nitrogens with one attached hydrogen (secondary N) is 1. The van der Waals surface area contributed by atoms with E-state index in [1.54, 1.807) is 6.92 Å². The Morgan fingerprint density at radius 2 is 1.70 bits per heavy atom. The van der Waals surface area contributed by atoms with Gasteiger partial charge in [0.05, 0.1) is 0 Å². The third-order valence-electron chi connectivity index (χ3n) is 4.65. The zero-order valence-electron chi connectivity index (χ0n) is 13.4. The molecule has 0 spiro atoms. The van der Waals surface area contributed by atoms with Crippen LogP contribution in [0.2, 0.25) is 0 Å². The summed E-state index contributed by atoms with van der Waals surface area (Å²) in [6.45, 7) is 12.4. The third-order valence-corrected chi connectivity index (χ3v) is 4.65. The minimum absolute atomic E-state index is 0.121. The third kappa shape index (κ3) is 4.74. The Morgan fingerprint density at radius 3 is 2.20 bits per heavy atom. The Hall–Kier alpha value is -0.610. The zero-order valence-corrected chi connectivity index (χ0v) is 13.4. The van der Waals surface area contributed by atoms with Gasteiger partial charge in [-0.2, -0.15) is 0 Å². The van der Waals surface area contributed by atoms with E-state index in [0.29, 0.717) is 6.04 Å². The molecule has 0 aromatic rings. The first-order valence-corrected chi connectivity index (χ1v) is 8.28. The summed E-state index contributed by atoms with van der Waals surface area (Å²) in [5.41, 5.74) is 0. The Morgan fingerprint density at radius 1 is 1.10 bits per heavy atom. The van der Waals surface area contributed by atoms with Crippen LogP contribution in [-0.4, -0.2) is 60.5 Å². The van der Waals surface area contributed by atoms with Crippen LogP contribution in [0.15, 0.2) is 0 Å². The highest BCUT2D eigenvalue weighted by molar-refractivity contribution is 5.73. The minimum atomic E-state index is 0.121. The lowest BCUT2D eigenvalue weighted by Crippen LogP contribution is -2.52. The molecule has 0 radical (unpaired) electrons. The highest BCUT2D eigenvalue weighted by Gasteiger charge is 2.28. The molecule has 0 aromatic heterocycles. The molecule has 116 valence electrons. The fraction of sp³-hybridized carbons (Fsp3) is 0.938. The fourth-order valence-corrected chi connectivity index (χ4v) is 3.70. The molecule has 1 N–H and O–H groups in total. The first-order valence-electron chi connectivity index (χ1n) is 8.28. The van der Waals surface area contributed by atoms with Gasteiger partial charge in [-0.15, -0.1) is 0 Å². The van der Waals surface area contributed by atoms with Crippen LogP contribution in [-0.2, 0) is 4.79 Å². The lowest BCUT2D eigenvalue weighted by molar-refractivity contribution is -0.119. The van der Waals surface area contributed by atoms with Crippen LogP contribution >= 0.6 is 0 Å². The Balaban J connectivity index is 1.69. The number of hydrogen-bond donors (Lipinski definition) is 1. The average Bonchev–Trinajstić information content (AvgIpc) is 2.39. The SMILES string of the molecule is CC(=O)NC1CCC(N2CCN(CC(C)C)CC2)CC1. The number of hydrogen-bond acceptors (Lipinski definition) is 3. The second-order valence-corrected chi connectivity index (χ2v) is 6.94. The van der Waals surface area contributed by atoms with Gasteiger partial charge in [-0.1, -0.05) is 13.8 Å². The molecule has 1 saturated carbocycles. The van der Waals surface area contributed by atoms with Crippen LogP contribution in [0, 0.1) is 5.92 Å². The molecule has 1 saturated heterocycles. The van der Waals surface area contributed by atoms with Crippen LogP contribution in [0.3, 0.4) is 0 Å². The molecule has 1 aliphatic carbocycles. The van der Waals surface area contributed by atoms with Crippen molar-refractivity contribution in [3.8, 4) is 0 Å². The number of nitrogens with zero attached hydrogens (tertiary/aromatic N) is 2. The lowest BCUT2D eigenvalue weighted by Gasteiger charge is -2.42. The molecular formula is C16H31N3O. The molecule has 0 bridgehead atoms. The van der Waals surface area contributed by atoms with Crippen LogP contribution in [0.5, 0.6) is 0 Å². The summed E-state index contributed by atoms with van der Waals surface area (Å²) >= 11 is 0. The van der Waals surface area contributed by atoms with E-state index in [0.717, 1.165) is 24.8 Å². The topological polar surface area (TPSA) is 35.6 Å². The number of amides is 1. The van der Waals surface area contributed by atoms with Crippen molar-refractivity contribution < 1.29 is 4.79 Å². The molecule has 4 heteroatoms. The summed E-state index contributed by atoms with van der Waals surface area (Å²) in [6.07, 6.45) is 4.79. The van der Waals surface area contributed by atoms with Crippen molar-refractivity contribution in [3.63, 3.8) is 0 Å². The molecule has 1 amide bonds. The molecule has 0 unspecified atom stereocenters. The summed E-state index contributed by atoms with van der Waals surface area (Å²) < 4.78 is 0. The molecule has 2 rings (SSSR count). The zero-order chi connectivity index (χ0) is 14.5. The van der Waals surface area contributed by atoms with E-state index in [9.17, 15) is 4.79 Å².